The molecule has 1 aliphatic carbocycles. The smallest absolute Gasteiger partial charge is 0.322 e. The highest BCUT2D eigenvalue weighted by atomic mass is 16.5. The molecule has 4 nitrogen and oxygen atoms in total. The minimum absolute atomic E-state index is 0.0298. The molecule has 0 aliphatic heterocycles. The Morgan fingerprint density at radius 3 is 2.93 bits per heavy atom. The van der Waals surface area contributed by atoms with E-state index in [1.807, 2.05) is 0 Å². The van der Waals surface area contributed by atoms with Crippen LogP contribution in [0.15, 0.2) is 0 Å². The van der Waals surface area contributed by atoms with Crippen LogP contribution < -0.4 is 5.73 Å². The summed E-state index contributed by atoms with van der Waals surface area (Å²) in [5, 5.41) is 0. The molecule has 0 aromatic heterocycles. The Morgan fingerprint density at radius 2 is 2.36 bits per heavy atom. The maximum absolute atomic E-state index is 11.4. The second-order valence-corrected chi connectivity index (χ2v) is 3.77. The Balaban J connectivity index is 2.42. The summed E-state index contributed by atoms with van der Waals surface area (Å²) >= 11 is 0. The molecule has 1 fully saturated rings. The Hall–Kier alpha value is -0.900. The highest BCUT2D eigenvalue weighted by Crippen LogP contribution is 2.24. The zero-order valence-electron chi connectivity index (χ0n) is 8.49. The zero-order chi connectivity index (χ0) is 10.6. The molecular weight excluding hydrogens is 182 g/mol. The van der Waals surface area contributed by atoms with Gasteiger partial charge in [0.15, 0.2) is 0 Å². The number of hydrogen-bond acceptors (Lipinski definition) is 4. The third-order valence-electron chi connectivity index (χ3n) is 2.72. The quantitative estimate of drug-likeness (QED) is 0.677. The highest BCUT2D eigenvalue weighted by Gasteiger charge is 2.26. The molecule has 2 atom stereocenters. The van der Waals surface area contributed by atoms with Crippen LogP contribution in [0.2, 0.25) is 0 Å². The topological polar surface area (TPSA) is 69.4 Å². The van der Waals surface area contributed by atoms with Crippen LogP contribution in [-0.2, 0) is 14.3 Å². The number of methoxy groups -OCH3 is 1. The van der Waals surface area contributed by atoms with Crippen LogP contribution in [0.25, 0.3) is 0 Å². The summed E-state index contributed by atoms with van der Waals surface area (Å²) in [6, 6.07) is -0.646. The minimum Gasteiger partial charge on any atom is -0.468 e. The standard InChI is InChI=1S/C10H17NO3/c1-14-10(13)8(11)6-7-4-2-3-5-9(7)12/h7-8H,2-6,11H2,1H3/t7-,8-/m0/s1. The number of carbonyl (C=O) groups excluding carboxylic acids is 2. The summed E-state index contributed by atoms with van der Waals surface area (Å²) in [4.78, 5) is 22.5. The van der Waals surface area contributed by atoms with Gasteiger partial charge in [-0.25, -0.2) is 0 Å². The van der Waals surface area contributed by atoms with Crippen molar-refractivity contribution in [1.29, 1.82) is 0 Å². The molecule has 14 heavy (non-hydrogen) atoms. The maximum atomic E-state index is 11.4. The van der Waals surface area contributed by atoms with E-state index in [4.69, 9.17) is 5.73 Å². The molecule has 1 aliphatic rings. The molecule has 2 N–H and O–H groups in total. The first kappa shape index (κ1) is 11.2. The predicted octanol–water partition coefficient (Wildman–Crippen LogP) is 0.636. The van der Waals surface area contributed by atoms with Gasteiger partial charge >= 0.3 is 5.97 Å². The van der Waals surface area contributed by atoms with Gasteiger partial charge < -0.3 is 10.5 Å². The molecule has 0 unspecified atom stereocenters. The van der Waals surface area contributed by atoms with E-state index in [1.54, 1.807) is 0 Å². The lowest BCUT2D eigenvalue weighted by Crippen LogP contribution is -2.36. The molecule has 0 bridgehead atoms. The lowest BCUT2D eigenvalue weighted by atomic mass is 9.84. The van der Waals surface area contributed by atoms with E-state index >= 15 is 0 Å². The first-order valence-corrected chi connectivity index (χ1v) is 5.01. The molecule has 0 saturated heterocycles. The normalized spacial score (nSPS) is 24.4. The lowest BCUT2D eigenvalue weighted by molar-refractivity contribution is -0.142. The molecule has 1 saturated carbocycles. The lowest BCUT2D eigenvalue weighted by Gasteiger charge is -2.22. The second-order valence-electron chi connectivity index (χ2n) is 3.77. The van der Waals surface area contributed by atoms with Crippen molar-refractivity contribution in [1.82, 2.24) is 0 Å². The predicted molar refractivity (Wildman–Crippen MR) is 51.6 cm³/mol. The van der Waals surface area contributed by atoms with Crippen molar-refractivity contribution in [2.75, 3.05) is 7.11 Å². The van der Waals surface area contributed by atoms with E-state index in [1.165, 1.54) is 7.11 Å². The largest absolute Gasteiger partial charge is 0.468 e. The number of ketones is 1. The molecule has 0 aromatic carbocycles. The van der Waals surface area contributed by atoms with Crippen LogP contribution in [0.1, 0.15) is 32.1 Å². The first-order valence-electron chi connectivity index (χ1n) is 5.01. The molecule has 4 heteroatoms. The minimum atomic E-state index is -0.646. The van der Waals surface area contributed by atoms with Crippen molar-refractivity contribution in [3.8, 4) is 0 Å². The van der Waals surface area contributed by atoms with Crippen molar-refractivity contribution in [3.63, 3.8) is 0 Å². The molecule has 0 amide bonds. The van der Waals surface area contributed by atoms with E-state index in [2.05, 4.69) is 4.74 Å². The Labute approximate surface area is 83.8 Å². The third-order valence-corrected chi connectivity index (χ3v) is 2.72. The maximum Gasteiger partial charge on any atom is 0.322 e. The van der Waals surface area contributed by atoms with Crippen LogP contribution >= 0.6 is 0 Å². The molecule has 0 aromatic rings. The van der Waals surface area contributed by atoms with Crippen LogP contribution in [0.4, 0.5) is 0 Å². The molecule has 0 radical (unpaired) electrons. The van der Waals surface area contributed by atoms with E-state index < -0.39 is 12.0 Å². The van der Waals surface area contributed by atoms with Gasteiger partial charge in [0.25, 0.3) is 0 Å². The average Bonchev–Trinajstić information content (AvgIpc) is 2.20. The van der Waals surface area contributed by atoms with Gasteiger partial charge in [0, 0.05) is 12.3 Å². The van der Waals surface area contributed by atoms with E-state index in [0.29, 0.717) is 12.8 Å². The van der Waals surface area contributed by atoms with Gasteiger partial charge in [-0.1, -0.05) is 6.42 Å². The van der Waals surface area contributed by atoms with Crippen molar-refractivity contribution >= 4 is 11.8 Å². The Morgan fingerprint density at radius 1 is 1.64 bits per heavy atom. The third kappa shape index (κ3) is 2.80. The molecule has 1 rings (SSSR count). The van der Waals surface area contributed by atoms with Crippen LogP contribution in [0, 0.1) is 5.92 Å². The summed E-state index contributed by atoms with van der Waals surface area (Å²) in [6.45, 7) is 0. The van der Waals surface area contributed by atoms with E-state index in [-0.39, 0.29) is 11.7 Å². The molecule has 0 spiro atoms. The Bertz CT molecular complexity index is 227. The number of nitrogens with two attached hydrogens (primary N) is 1. The van der Waals surface area contributed by atoms with Crippen molar-refractivity contribution in [2.45, 2.75) is 38.1 Å². The summed E-state index contributed by atoms with van der Waals surface area (Å²) in [7, 11) is 1.31. The highest BCUT2D eigenvalue weighted by molar-refractivity contribution is 5.83. The monoisotopic (exact) mass is 199 g/mol. The van der Waals surface area contributed by atoms with Gasteiger partial charge in [-0.3, -0.25) is 9.59 Å². The van der Waals surface area contributed by atoms with Gasteiger partial charge in [-0.15, -0.1) is 0 Å². The molecule has 0 heterocycles. The fourth-order valence-electron chi connectivity index (χ4n) is 1.86. The number of rotatable bonds is 3. The molecule has 80 valence electrons. The summed E-state index contributed by atoms with van der Waals surface area (Å²) in [5.74, 6) is -0.211. The average molecular weight is 199 g/mol. The zero-order valence-corrected chi connectivity index (χ0v) is 8.49. The van der Waals surface area contributed by atoms with Crippen LogP contribution in [0.5, 0.6) is 0 Å². The number of carbonyl (C=O) groups is 2. The van der Waals surface area contributed by atoms with Crippen LogP contribution in [0.3, 0.4) is 0 Å². The number of esters is 1. The number of Topliss-reactive ketones (excluding diaryl/α,β-unsaturated/α-hetero) is 1. The second kappa shape index (κ2) is 5.10. The molecular formula is C10H17NO3. The van der Waals surface area contributed by atoms with Crippen molar-refractivity contribution < 1.29 is 14.3 Å². The first-order chi connectivity index (χ1) is 6.65. The van der Waals surface area contributed by atoms with Crippen LogP contribution in [-0.4, -0.2) is 24.9 Å². The van der Waals surface area contributed by atoms with E-state index in [9.17, 15) is 9.59 Å². The van der Waals surface area contributed by atoms with Gasteiger partial charge in [-0.2, -0.15) is 0 Å². The van der Waals surface area contributed by atoms with Crippen molar-refractivity contribution in [2.24, 2.45) is 11.7 Å². The summed E-state index contributed by atoms with van der Waals surface area (Å²) < 4.78 is 4.51. The van der Waals surface area contributed by atoms with Gasteiger partial charge in [0.05, 0.1) is 7.11 Å². The summed E-state index contributed by atoms with van der Waals surface area (Å²) in [5.41, 5.74) is 5.59. The fraction of sp³-hybridized carbons (Fsp3) is 0.800. The fourth-order valence-corrected chi connectivity index (χ4v) is 1.86. The summed E-state index contributed by atoms with van der Waals surface area (Å²) in [6.07, 6.45) is 3.97. The van der Waals surface area contributed by atoms with Crippen molar-refractivity contribution in [3.05, 3.63) is 0 Å². The SMILES string of the molecule is COC(=O)[C@@H](N)C[C@@H]1CCCCC1=O. The van der Waals surface area contributed by atoms with Gasteiger partial charge in [0.2, 0.25) is 0 Å². The Kier molecular flexibility index (Phi) is 4.07. The van der Waals surface area contributed by atoms with E-state index in [0.717, 1.165) is 19.3 Å². The van der Waals surface area contributed by atoms with Gasteiger partial charge in [0.1, 0.15) is 11.8 Å². The van der Waals surface area contributed by atoms with Gasteiger partial charge in [-0.05, 0) is 19.3 Å². The number of hydrogen-bond donors (Lipinski definition) is 1. The number of ether oxygens (including phenoxy) is 1.